The van der Waals surface area contributed by atoms with Crippen LogP contribution in [0.5, 0.6) is 0 Å². The highest BCUT2D eigenvalue weighted by molar-refractivity contribution is 6.44. The highest BCUT2D eigenvalue weighted by atomic mass is 35.5. The van der Waals surface area contributed by atoms with E-state index < -0.39 is 29.0 Å². The summed E-state index contributed by atoms with van der Waals surface area (Å²) in [4.78, 5) is 39.1. The van der Waals surface area contributed by atoms with Crippen LogP contribution in [0, 0.1) is 12.7 Å². The zero-order valence-electron chi connectivity index (χ0n) is 19.9. The third kappa shape index (κ3) is 4.89. The topological polar surface area (TPSA) is 144 Å². The number of nitrogens with two attached hydrogens (primary N) is 2. The lowest BCUT2D eigenvalue weighted by atomic mass is 10.0. The standard InChI is InChI=1S/C22H24ClFN6O3.C2H6/c1-11-16(19(31)21(33)29-22(7-8-22)15(25)10-27-26)14-6-3-9-30(14)18(11)20(32)28-13-5-2-4-12(23)17(13)24;1-2/h2,4-5,10,27H,3,6-9,25-26H2,1H3,(H,28,32)(H,29,33);1-2H3/b15-10-;. The van der Waals surface area contributed by atoms with E-state index >= 15 is 0 Å². The molecule has 2 amide bonds. The molecule has 0 bridgehead atoms. The van der Waals surface area contributed by atoms with Gasteiger partial charge in [-0.25, -0.2) is 4.39 Å². The Labute approximate surface area is 208 Å². The van der Waals surface area contributed by atoms with E-state index in [9.17, 15) is 18.8 Å². The number of amides is 2. The molecule has 0 spiro atoms. The number of ketones is 1. The van der Waals surface area contributed by atoms with Gasteiger partial charge in [-0.1, -0.05) is 31.5 Å². The van der Waals surface area contributed by atoms with Crippen molar-refractivity contribution >= 4 is 34.9 Å². The van der Waals surface area contributed by atoms with Crippen molar-refractivity contribution in [3.63, 3.8) is 0 Å². The van der Waals surface area contributed by atoms with Crippen molar-refractivity contribution in [2.24, 2.45) is 11.6 Å². The van der Waals surface area contributed by atoms with E-state index in [1.54, 1.807) is 11.5 Å². The number of aromatic nitrogens is 1. The Kier molecular flexibility index (Phi) is 7.86. The molecule has 0 saturated heterocycles. The highest BCUT2D eigenvalue weighted by Crippen LogP contribution is 2.40. The molecule has 1 aromatic heterocycles. The molecule has 0 radical (unpaired) electrons. The average Bonchev–Trinajstić information content (AvgIpc) is 3.38. The van der Waals surface area contributed by atoms with E-state index in [-0.39, 0.29) is 22.0 Å². The van der Waals surface area contributed by atoms with Crippen molar-refractivity contribution in [3.05, 3.63) is 63.5 Å². The van der Waals surface area contributed by atoms with Gasteiger partial charge in [0.2, 0.25) is 0 Å². The van der Waals surface area contributed by atoms with Gasteiger partial charge in [0.15, 0.2) is 5.82 Å². The number of carbonyl (C=O) groups is 3. The summed E-state index contributed by atoms with van der Waals surface area (Å²) >= 11 is 5.80. The second-order valence-corrected chi connectivity index (χ2v) is 8.64. The van der Waals surface area contributed by atoms with Crippen molar-refractivity contribution in [1.29, 1.82) is 0 Å². The summed E-state index contributed by atoms with van der Waals surface area (Å²) in [6, 6.07) is 4.29. The summed E-state index contributed by atoms with van der Waals surface area (Å²) in [6.07, 6.45) is 3.79. The smallest absolute Gasteiger partial charge is 0.293 e. The number of rotatable bonds is 7. The minimum atomic E-state index is -0.808. The van der Waals surface area contributed by atoms with Crippen LogP contribution in [-0.4, -0.2) is 27.7 Å². The van der Waals surface area contributed by atoms with Crippen molar-refractivity contribution in [2.75, 3.05) is 5.32 Å². The van der Waals surface area contributed by atoms with Gasteiger partial charge in [-0.05, 0) is 50.3 Å². The van der Waals surface area contributed by atoms with Crippen LogP contribution < -0.4 is 27.6 Å². The normalized spacial score (nSPS) is 15.4. The van der Waals surface area contributed by atoms with Gasteiger partial charge in [-0.2, -0.15) is 0 Å². The van der Waals surface area contributed by atoms with Crippen LogP contribution in [0.25, 0.3) is 0 Å². The monoisotopic (exact) mass is 504 g/mol. The Morgan fingerprint density at radius 3 is 2.54 bits per heavy atom. The molecule has 7 N–H and O–H groups in total. The number of hydrogen-bond donors (Lipinski definition) is 5. The number of fused-ring (bicyclic) bond motifs is 1. The van der Waals surface area contributed by atoms with Crippen LogP contribution in [0.1, 0.15) is 65.2 Å². The van der Waals surface area contributed by atoms with Crippen molar-refractivity contribution in [2.45, 2.75) is 58.5 Å². The lowest BCUT2D eigenvalue weighted by Crippen LogP contribution is -2.45. The Morgan fingerprint density at radius 1 is 1.23 bits per heavy atom. The molecule has 35 heavy (non-hydrogen) atoms. The quantitative estimate of drug-likeness (QED) is 0.170. The molecule has 1 fully saturated rings. The predicted octanol–water partition coefficient (Wildman–Crippen LogP) is 2.91. The van der Waals surface area contributed by atoms with Gasteiger partial charge in [0.1, 0.15) is 5.69 Å². The van der Waals surface area contributed by atoms with Gasteiger partial charge >= 0.3 is 0 Å². The third-order valence-electron chi connectivity index (χ3n) is 6.15. The Hall–Kier alpha value is -3.37. The SMILES string of the molecule is CC.Cc1c(C(=O)C(=O)NC2(/C(N)=C/NN)CC2)c2n(c1C(=O)Nc1cccc(Cl)c1F)CCC2. The van der Waals surface area contributed by atoms with E-state index in [0.717, 1.165) is 0 Å². The van der Waals surface area contributed by atoms with Crippen LogP contribution in [-0.2, 0) is 17.8 Å². The zero-order chi connectivity index (χ0) is 25.9. The minimum absolute atomic E-state index is 0.0717. The zero-order valence-corrected chi connectivity index (χ0v) is 20.7. The van der Waals surface area contributed by atoms with E-state index in [1.165, 1.54) is 24.4 Å². The summed E-state index contributed by atoms with van der Waals surface area (Å²) in [5.41, 5.74) is 9.13. The first-order valence-electron chi connectivity index (χ1n) is 11.5. The largest absolute Gasteiger partial charge is 0.399 e. The van der Waals surface area contributed by atoms with Crippen LogP contribution in [0.15, 0.2) is 30.1 Å². The molecule has 9 nitrogen and oxygen atoms in total. The highest BCUT2D eigenvalue weighted by Gasteiger charge is 2.48. The van der Waals surface area contributed by atoms with E-state index in [4.69, 9.17) is 23.2 Å². The number of hydrogen-bond acceptors (Lipinski definition) is 6. The maximum Gasteiger partial charge on any atom is 0.293 e. The maximum absolute atomic E-state index is 14.3. The van der Waals surface area contributed by atoms with Crippen molar-refractivity contribution in [1.82, 2.24) is 15.3 Å². The fraction of sp³-hybridized carbons (Fsp3) is 0.375. The fourth-order valence-electron chi connectivity index (χ4n) is 4.32. The van der Waals surface area contributed by atoms with Crippen molar-refractivity contribution < 1.29 is 18.8 Å². The molecule has 188 valence electrons. The van der Waals surface area contributed by atoms with Gasteiger partial charge in [-0.3, -0.25) is 20.2 Å². The summed E-state index contributed by atoms with van der Waals surface area (Å²) in [7, 11) is 0. The van der Waals surface area contributed by atoms with Crippen LogP contribution >= 0.6 is 11.6 Å². The Morgan fingerprint density at radius 2 is 1.91 bits per heavy atom. The number of halogens is 2. The van der Waals surface area contributed by atoms with Gasteiger partial charge in [0, 0.05) is 18.4 Å². The van der Waals surface area contributed by atoms with E-state index in [1.807, 2.05) is 13.8 Å². The molecular formula is C24H30ClFN6O3. The first-order valence-corrected chi connectivity index (χ1v) is 11.8. The lowest BCUT2D eigenvalue weighted by molar-refractivity contribution is -0.117. The second kappa shape index (κ2) is 10.5. The maximum atomic E-state index is 14.3. The van der Waals surface area contributed by atoms with E-state index in [0.29, 0.717) is 49.2 Å². The average molecular weight is 505 g/mol. The number of Topliss-reactive ketones (excluding diaryl/α,β-unsaturated/α-hetero) is 1. The molecule has 1 saturated carbocycles. The first kappa shape index (κ1) is 26.2. The minimum Gasteiger partial charge on any atom is -0.399 e. The molecule has 0 atom stereocenters. The lowest BCUT2D eigenvalue weighted by Gasteiger charge is -2.17. The van der Waals surface area contributed by atoms with Crippen LogP contribution in [0.2, 0.25) is 5.02 Å². The summed E-state index contributed by atoms with van der Waals surface area (Å²) in [6.45, 7) is 6.11. The number of carbonyl (C=O) groups excluding carboxylic acids is 3. The molecule has 1 aliphatic carbocycles. The molecule has 4 rings (SSSR count). The number of nitrogens with zero attached hydrogens (tertiary/aromatic N) is 1. The molecule has 1 aromatic carbocycles. The molecule has 2 aromatic rings. The third-order valence-corrected chi connectivity index (χ3v) is 6.44. The summed E-state index contributed by atoms with van der Waals surface area (Å²) in [5.74, 6) is 2.37. The number of anilines is 1. The predicted molar refractivity (Wildman–Crippen MR) is 132 cm³/mol. The molecular weight excluding hydrogens is 475 g/mol. The number of benzene rings is 1. The van der Waals surface area contributed by atoms with Gasteiger partial charge in [0.25, 0.3) is 17.6 Å². The van der Waals surface area contributed by atoms with Gasteiger partial charge < -0.3 is 26.4 Å². The molecule has 2 aliphatic rings. The summed E-state index contributed by atoms with van der Waals surface area (Å²) < 4.78 is 16.0. The first-order chi connectivity index (χ1) is 16.7. The fourth-order valence-corrected chi connectivity index (χ4v) is 4.50. The van der Waals surface area contributed by atoms with Crippen LogP contribution in [0.4, 0.5) is 10.1 Å². The Bertz CT molecular complexity index is 1200. The molecule has 11 heteroatoms. The second-order valence-electron chi connectivity index (χ2n) is 8.24. The summed E-state index contributed by atoms with van der Waals surface area (Å²) in [5, 5.41) is 5.11. The van der Waals surface area contributed by atoms with Gasteiger partial charge in [-0.15, -0.1) is 0 Å². The molecule has 2 heterocycles. The molecule has 0 unspecified atom stereocenters. The Balaban J connectivity index is 0.00000167. The van der Waals surface area contributed by atoms with Crippen molar-refractivity contribution in [3.8, 4) is 0 Å². The van der Waals surface area contributed by atoms with Crippen LogP contribution in [0.3, 0.4) is 0 Å². The molecule has 1 aliphatic heterocycles. The van der Waals surface area contributed by atoms with E-state index in [2.05, 4.69) is 16.1 Å². The van der Waals surface area contributed by atoms with Gasteiger partial charge in [0.05, 0.1) is 27.5 Å². The number of nitrogens with one attached hydrogen (secondary N) is 3. The number of hydrazine groups is 1.